The highest BCUT2D eigenvalue weighted by Gasteiger charge is 2.39. The van der Waals surface area contributed by atoms with E-state index in [9.17, 15) is 26.3 Å². The van der Waals surface area contributed by atoms with Crippen molar-refractivity contribution in [2.24, 2.45) is 0 Å². The van der Waals surface area contributed by atoms with Crippen LogP contribution in [-0.2, 0) is 22.6 Å². The van der Waals surface area contributed by atoms with Gasteiger partial charge in [0.2, 0.25) is 0 Å². The molecule has 254 valence electrons. The second-order valence-corrected chi connectivity index (χ2v) is 10.8. The lowest BCUT2D eigenvalue weighted by Gasteiger charge is -2.26. The van der Waals surface area contributed by atoms with Crippen LogP contribution in [0, 0.1) is 5.82 Å². The van der Waals surface area contributed by atoms with Gasteiger partial charge in [0.1, 0.15) is 17.4 Å². The number of alkyl halides is 6. The number of imidazole rings is 1. The van der Waals surface area contributed by atoms with Crippen LogP contribution in [0.2, 0.25) is 5.02 Å². The molecule has 0 fully saturated rings. The summed E-state index contributed by atoms with van der Waals surface area (Å²) in [5, 5.41) is 14.9. The van der Waals surface area contributed by atoms with Gasteiger partial charge in [0.25, 0.3) is 0 Å². The Morgan fingerprint density at radius 2 is 1.60 bits per heavy atom. The van der Waals surface area contributed by atoms with Gasteiger partial charge in [-0.2, -0.15) is 26.3 Å². The molecule has 9 nitrogen and oxygen atoms in total. The van der Waals surface area contributed by atoms with Gasteiger partial charge >= 0.3 is 24.3 Å². The summed E-state index contributed by atoms with van der Waals surface area (Å²) in [6.07, 6.45) is -5.06. The number of pyridine rings is 1. The second-order valence-electron chi connectivity index (χ2n) is 10.4. The Bertz CT molecular complexity index is 1670. The van der Waals surface area contributed by atoms with E-state index in [1.807, 2.05) is 36.4 Å². The smallest absolute Gasteiger partial charge is 0.490 e. The molecule has 0 saturated heterocycles. The molecule has 3 heterocycles. The van der Waals surface area contributed by atoms with Gasteiger partial charge in [-0.15, -0.1) is 0 Å². The van der Waals surface area contributed by atoms with E-state index in [1.54, 1.807) is 18.5 Å². The Morgan fingerprint density at radius 3 is 2.15 bits per heavy atom. The van der Waals surface area contributed by atoms with Gasteiger partial charge in [-0.3, -0.25) is 4.98 Å². The number of hydrogen-bond donors (Lipinski definition) is 2. The number of hydrogen-bond acceptors (Lipinski definition) is 6. The van der Waals surface area contributed by atoms with Crippen molar-refractivity contribution in [3.05, 3.63) is 77.1 Å². The summed E-state index contributed by atoms with van der Waals surface area (Å²) in [7, 11) is 4.14. The van der Waals surface area contributed by atoms with Crippen LogP contribution in [0.4, 0.5) is 30.7 Å². The normalized spacial score (nSPS) is 14.3. The third-order valence-electron chi connectivity index (χ3n) is 6.62. The fourth-order valence-corrected chi connectivity index (χ4v) is 4.73. The van der Waals surface area contributed by atoms with Crippen LogP contribution >= 0.6 is 11.6 Å². The van der Waals surface area contributed by atoms with Gasteiger partial charge in [0, 0.05) is 35.6 Å². The molecule has 2 aromatic heterocycles. The zero-order valence-corrected chi connectivity index (χ0v) is 25.5. The van der Waals surface area contributed by atoms with Crippen molar-refractivity contribution in [3.8, 4) is 16.9 Å². The van der Waals surface area contributed by atoms with Crippen molar-refractivity contribution in [2.75, 3.05) is 27.2 Å². The maximum absolute atomic E-state index is 15.1. The van der Waals surface area contributed by atoms with Crippen molar-refractivity contribution in [1.82, 2.24) is 19.4 Å². The average Bonchev–Trinajstić information content (AvgIpc) is 3.33. The van der Waals surface area contributed by atoms with Gasteiger partial charge < -0.3 is 24.4 Å². The predicted molar refractivity (Wildman–Crippen MR) is 157 cm³/mol. The van der Waals surface area contributed by atoms with Crippen LogP contribution in [0.1, 0.15) is 23.7 Å². The Balaban J connectivity index is 0.000000360. The molecule has 1 aliphatic heterocycles. The van der Waals surface area contributed by atoms with Gasteiger partial charge in [-0.05, 0) is 81.0 Å². The lowest BCUT2D eigenvalue weighted by molar-refractivity contribution is -0.193. The van der Waals surface area contributed by atoms with Crippen molar-refractivity contribution in [3.63, 3.8) is 0 Å². The second kappa shape index (κ2) is 15.4. The molecule has 0 saturated carbocycles. The SMILES string of the molecule is CN(C)CCCn1c(C2COc3ccc(Cl)cc3C2)nc2cc(F)c(-c3ccncc3)cc21.O=C(O)C(F)(F)F.O=C(O)C(F)(F)F. The summed E-state index contributed by atoms with van der Waals surface area (Å²) in [5.74, 6) is -3.93. The largest absolute Gasteiger partial charge is 0.493 e. The number of nitrogens with zero attached hydrogens (tertiary/aromatic N) is 4. The summed E-state index contributed by atoms with van der Waals surface area (Å²) in [4.78, 5) is 28.9. The highest BCUT2D eigenvalue weighted by molar-refractivity contribution is 6.30. The minimum atomic E-state index is -5.08. The van der Waals surface area contributed by atoms with E-state index in [0.29, 0.717) is 22.7 Å². The highest BCUT2D eigenvalue weighted by Crippen LogP contribution is 2.36. The third-order valence-corrected chi connectivity index (χ3v) is 6.86. The molecule has 0 spiro atoms. The standard InChI is InChI=1S/C26H26ClFN4O.2C2HF3O2/c1-31(2)10-3-11-32-24-14-21(17-6-8-29-9-7-17)22(28)15-23(24)30-26(32)19-12-18-13-20(27)4-5-25(18)33-16-19;2*3-2(4,5)1(6)7/h4-9,13-15,19H,3,10-12,16H2,1-2H3;2*(H,6,7). The zero-order chi connectivity index (χ0) is 35.1. The maximum Gasteiger partial charge on any atom is 0.490 e. The Hall–Kier alpha value is -4.44. The van der Waals surface area contributed by atoms with Gasteiger partial charge in [0.05, 0.1) is 23.6 Å². The molecule has 1 aliphatic rings. The number of benzene rings is 2. The monoisotopic (exact) mass is 692 g/mol. The quantitative estimate of drug-likeness (QED) is 0.211. The Morgan fingerprint density at radius 1 is 1.00 bits per heavy atom. The van der Waals surface area contributed by atoms with Crippen LogP contribution in [-0.4, -0.2) is 81.2 Å². The van der Waals surface area contributed by atoms with E-state index in [0.717, 1.165) is 54.1 Å². The molecule has 1 atom stereocenters. The predicted octanol–water partition coefficient (Wildman–Crippen LogP) is 6.83. The van der Waals surface area contributed by atoms with Crippen molar-refractivity contribution in [2.45, 2.75) is 37.7 Å². The molecule has 2 aromatic carbocycles. The van der Waals surface area contributed by atoms with Gasteiger partial charge in [-0.1, -0.05) is 11.6 Å². The van der Waals surface area contributed by atoms with E-state index >= 15 is 4.39 Å². The molecular formula is C30H28ClF7N4O5. The fraction of sp³-hybridized carbons (Fsp3) is 0.333. The first-order chi connectivity index (χ1) is 21.9. The zero-order valence-electron chi connectivity index (χ0n) is 24.7. The number of rotatable bonds is 6. The molecule has 47 heavy (non-hydrogen) atoms. The lowest BCUT2D eigenvalue weighted by atomic mass is 9.96. The number of aromatic nitrogens is 3. The van der Waals surface area contributed by atoms with E-state index in [1.165, 1.54) is 0 Å². The molecule has 2 N–H and O–H groups in total. The molecule has 0 bridgehead atoms. The number of halogens is 8. The van der Waals surface area contributed by atoms with E-state index in [4.69, 9.17) is 41.1 Å². The maximum atomic E-state index is 15.1. The van der Waals surface area contributed by atoms with Crippen LogP contribution in [0.3, 0.4) is 0 Å². The summed E-state index contributed by atoms with van der Waals surface area (Å²) < 4.78 is 86.8. The highest BCUT2D eigenvalue weighted by atomic mass is 35.5. The first kappa shape index (κ1) is 37.0. The average molecular weight is 693 g/mol. The Kier molecular flexibility index (Phi) is 12.2. The summed E-state index contributed by atoms with van der Waals surface area (Å²) in [6.45, 7) is 2.28. The van der Waals surface area contributed by atoms with Gasteiger partial charge in [0.15, 0.2) is 0 Å². The van der Waals surface area contributed by atoms with Crippen LogP contribution in [0.5, 0.6) is 5.75 Å². The topological polar surface area (TPSA) is 118 Å². The number of carboxylic acids is 2. The van der Waals surface area contributed by atoms with E-state index < -0.39 is 24.3 Å². The first-order valence-electron chi connectivity index (χ1n) is 13.6. The molecule has 1 unspecified atom stereocenters. The lowest BCUT2D eigenvalue weighted by Crippen LogP contribution is -2.23. The number of fused-ring (bicyclic) bond motifs is 2. The number of aryl methyl sites for hydroxylation is 1. The minimum Gasteiger partial charge on any atom is -0.493 e. The van der Waals surface area contributed by atoms with Crippen molar-refractivity contribution < 1.29 is 55.3 Å². The van der Waals surface area contributed by atoms with Crippen molar-refractivity contribution >= 4 is 34.6 Å². The molecule has 0 amide bonds. The Labute approximate surface area is 268 Å². The molecule has 17 heteroatoms. The number of aliphatic carboxylic acids is 2. The minimum absolute atomic E-state index is 0.0650. The molecule has 4 aromatic rings. The van der Waals surface area contributed by atoms with E-state index in [-0.39, 0.29) is 11.7 Å². The third kappa shape index (κ3) is 10.3. The number of carboxylic acid groups (broad SMARTS) is 2. The van der Waals surface area contributed by atoms with Crippen molar-refractivity contribution in [1.29, 1.82) is 0 Å². The summed E-state index contributed by atoms with van der Waals surface area (Å²) >= 11 is 6.23. The number of ether oxygens (including phenoxy) is 1. The first-order valence-corrected chi connectivity index (χ1v) is 14.0. The van der Waals surface area contributed by atoms with E-state index in [2.05, 4.69) is 28.5 Å². The molecule has 0 aliphatic carbocycles. The fourth-order valence-electron chi connectivity index (χ4n) is 4.54. The van der Waals surface area contributed by atoms with Gasteiger partial charge in [-0.25, -0.2) is 19.0 Å². The molecular weight excluding hydrogens is 665 g/mol. The molecule has 5 rings (SSSR count). The van der Waals surface area contributed by atoms with Crippen LogP contribution in [0.15, 0.2) is 54.9 Å². The van der Waals surface area contributed by atoms with Crippen LogP contribution < -0.4 is 4.74 Å². The summed E-state index contributed by atoms with van der Waals surface area (Å²) in [6, 6.07) is 12.8. The summed E-state index contributed by atoms with van der Waals surface area (Å²) in [5.41, 5.74) is 4.05. The van der Waals surface area contributed by atoms with Crippen LogP contribution in [0.25, 0.3) is 22.2 Å². The number of carbonyl (C=O) groups is 2. The molecule has 0 radical (unpaired) electrons.